The molecule has 1 atom stereocenters. The van der Waals surface area contributed by atoms with Crippen LogP contribution in [0.4, 0.5) is 5.69 Å². The molecule has 2 N–H and O–H groups in total. The van der Waals surface area contributed by atoms with Gasteiger partial charge in [0.05, 0.1) is 15.7 Å². The van der Waals surface area contributed by atoms with E-state index in [2.05, 4.69) is 26.6 Å². The number of hydrogen-bond acceptors (Lipinski definition) is 3. The zero-order valence-corrected chi connectivity index (χ0v) is 17.9. The van der Waals surface area contributed by atoms with Gasteiger partial charge in [-0.15, -0.1) is 0 Å². The highest BCUT2D eigenvalue weighted by atomic mass is 79.9. The maximum absolute atomic E-state index is 12.5. The Bertz CT molecular complexity index is 849. The number of hydrogen-bond donors (Lipinski definition) is 2. The number of anilines is 1. The Morgan fingerprint density at radius 2 is 1.81 bits per heavy atom. The lowest BCUT2D eigenvalue weighted by molar-refractivity contribution is -0.122. The average Bonchev–Trinajstić information content (AvgIpc) is 2.56. The molecule has 0 aliphatic rings. The molecule has 2 rings (SSSR count). The summed E-state index contributed by atoms with van der Waals surface area (Å²) in [5.74, 6) is -0.124. The van der Waals surface area contributed by atoms with E-state index in [-0.39, 0.29) is 17.4 Å². The lowest BCUT2D eigenvalue weighted by Gasteiger charge is -2.22. The van der Waals surface area contributed by atoms with Crippen LogP contribution in [0.2, 0.25) is 5.02 Å². The lowest BCUT2D eigenvalue weighted by Crippen LogP contribution is -2.41. The normalized spacial score (nSPS) is 12.2. The Labute approximate surface area is 172 Å². The fourth-order valence-electron chi connectivity index (χ4n) is 2.25. The van der Waals surface area contributed by atoms with Gasteiger partial charge in [0.25, 0.3) is 11.8 Å². The van der Waals surface area contributed by atoms with Crippen molar-refractivity contribution in [3.8, 4) is 5.75 Å². The minimum Gasteiger partial charge on any atom is -0.480 e. The Morgan fingerprint density at radius 3 is 2.44 bits per heavy atom. The van der Waals surface area contributed by atoms with Gasteiger partial charge in [-0.25, -0.2) is 0 Å². The second-order valence-corrected chi connectivity index (χ2v) is 8.36. The average molecular weight is 454 g/mol. The molecular weight excluding hydrogens is 432 g/mol. The van der Waals surface area contributed by atoms with Crippen LogP contribution in [0.5, 0.6) is 5.75 Å². The number of para-hydroxylation sites is 1. The summed E-state index contributed by atoms with van der Waals surface area (Å²) in [7, 11) is 0. The zero-order chi connectivity index (χ0) is 20.2. The third-order valence-corrected chi connectivity index (χ3v) is 4.34. The predicted molar refractivity (Wildman–Crippen MR) is 112 cm³/mol. The number of amides is 2. The van der Waals surface area contributed by atoms with Crippen LogP contribution in [0.3, 0.4) is 0 Å². The summed E-state index contributed by atoms with van der Waals surface area (Å²) in [5, 5.41) is 6.21. The highest BCUT2D eigenvalue weighted by Gasteiger charge is 2.21. The number of benzene rings is 2. The van der Waals surface area contributed by atoms with Crippen molar-refractivity contribution in [2.45, 2.75) is 39.3 Å². The molecule has 0 fully saturated rings. The molecule has 0 bridgehead atoms. The molecule has 0 saturated carbocycles. The van der Waals surface area contributed by atoms with Gasteiger partial charge in [-0.2, -0.15) is 0 Å². The van der Waals surface area contributed by atoms with E-state index in [4.69, 9.17) is 16.3 Å². The maximum atomic E-state index is 12.5. The summed E-state index contributed by atoms with van der Waals surface area (Å²) in [6, 6.07) is 11.9. The first-order valence-electron chi connectivity index (χ1n) is 8.41. The largest absolute Gasteiger partial charge is 0.480 e. The Balaban J connectivity index is 2.12. The summed E-state index contributed by atoms with van der Waals surface area (Å²) in [4.78, 5) is 25.0. The summed E-state index contributed by atoms with van der Waals surface area (Å²) >= 11 is 9.27. The van der Waals surface area contributed by atoms with Gasteiger partial charge in [-0.1, -0.05) is 23.7 Å². The van der Waals surface area contributed by atoms with Crippen molar-refractivity contribution >= 4 is 45.0 Å². The van der Waals surface area contributed by atoms with Gasteiger partial charge >= 0.3 is 0 Å². The van der Waals surface area contributed by atoms with Crippen LogP contribution in [0.1, 0.15) is 38.1 Å². The molecule has 2 amide bonds. The third-order valence-electron chi connectivity index (χ3n) is 3.48. The first kappa shape index (κ1) is 21.3. The van der Waals surface area contributed by atoms with Crippen molar-refractivity contribution in [1.82, 2.24) is 5.32 Å². The van der Waals surface area contributed by atoms with E-state index in [1.807, 2.05) is 20.8 Å². The minimum atomic E-state index is -0.777. The number of ether oxygens (including phenoxy) is 1. The van der Waals surface area contributed by atoms with Crippen molar-refractivity contribution in [3.63, 3.8) is 0 Å². The summed E-state index contributed by atoms with van der Waals surface area (Å²) in [5.41, 5.74) is 0.432. The predicted octanol–water partition coefficient (Wildman–Crippen LogP) is 5.04. The highest BCUT2D eigenvalue weighted by molar-refractivity contribution is 9.10. The van der Waals surface area contributed by atoms with Gasteiger partial charge in [-0.05, 0) is 74.0 Å². The van der Waals surface area contributed by atoms with E-state index < -0.39 is 6.10 Å². The number of carbonyl (C=O) groups is 2. The van der Waals surface area contributed by atoms with Crippen LogP contribution in [-0.4, -0.2) is 23.5 Å². The molecule has 5 nitrogen and oxygen atoms in total. The standard InChI is InChI=1S/C20H22BrClN2O3/c1-12(27-17-10-9-13(22)11-15(17)21)18(25)23-16-8-6-5-7-14(16)19(26)24-20(2,3)4/h5-12H,1-4H3,(H,23,25)(H,24,26). The lowest BCUT2D eigenvalue weighted by atomic mass is 10.1. The van der Waals surface area contributed by atoms with Crippen LogP contribution < -0.4 is 15.4 Å². The van der Waals surface area contributed by atoms with E-state index in [0.29, 0.717) is 26.5 Å². The van der Waals surface area contributed by atoms with Gasteiger partial charge in [-0.3, -0.25) is 9.59 Å². The van der Waals surface area contributed by atoms with Gasteiger partial charge in [0, 0.05) is 10.6 Å². The second kappa shape index (κ2) is 8.76. The van der Waals surface area contributed by atoms with E-state index in [9.17, 15) is 9.59 Å². The molecule has 2 aromatic carbocycles. The molecular formula is C20H22BrClN2O3. The molecule has 0 aliphatic heterocycles. The van der Waals surface area contributed by atoms with Crippen molar-refractivity contribution in [1.29, 1.82) is 0 Å². The topological polar surface area (TPSA) is 67.4 Å². The molecule has 0 spiro atoms. The molecule has 0 aliphatic carbocycles. The molecule has 1 unspecified atom stereocenters. The first-order valence-corrected chi connectivity index (χ1v) is 9.58. The van der Waals surface area contributed by atoms with Crippen LogP contribution in [0.15, 0.2) is 46.9 Å². The van der Waals surface area contributed by atoms with Crippen molar-refractivity contribution in [2.75, 3.05) is 5.32 Å². The number of halogens is 2. The number of nitrogens with one attached hydrogen (secondary N) is 2. The SMILES string of the molecule is CC(Oc1ccc(Cl)cc1Br)C(=O)Nc1ccccc1C(=O)NC(C)(C)C. The fourth-order valence-corrected chi connectivity index (χ4v) is 3.02. The van der Waals surface area contributed by atoms with Crippen LogP contribution in [0.25, 0.3) is 0 Å². The Kier molecular flexibility index (Phi) is 6.89. The molecule has 7 heteroatoms. The summed E-state index contributed by atoms with van der Waals surface area (Å²) in [6.45, 7) is 7.32. The van der Waals surface area contributed by atoms with Gasteiger partial charge in [0.15, 0.2) is 6.10 Å². The van der Waals surface area contributed by atoms with Gasteiger partial charge in [0.2, 0.25) is 0 Å². The fraction of sp³-hybridized carbons (Fsp3) is 0.300. The second-order valence-electron chi connectivity index (χ2n) is 7.07. The van der Waals surface area contributed by atoms with E-state index >= 15 is 0 Å². The van der Waals surface area contributed by atoms with Crippen LogP contribution >= 0.6 is 27.5 Å². The smallest absolute Gasteiger partial charge is 0.265 e. The molecule has 0 aromatic heterocycles. The van der Waals surface area contributed by atoms with Crippen molar-refractivity contribution in [2.24, 2.45) is 0 Å². The maximum Gasteiger partial charge on any atom is 0.265 e. The van der Waals surface area contributed by atoms with Crippen molar-refractivity contribution < 1.29 is 14.3 Å². The quantitative estimate of drug-likeness (QED) is 0.667. The molecule has 144 valence electrons. The van der Waals surface area contributed by atoms with Gasteiger partial charge in [0.1, 0.15) is 5.75 Å². The molecule has 0 radical (unpaired) electrons. The summed E-state index contributed by atoms with van der Waals surface area (Å²) < 4.78 is 6.35. The van der Waals surface area contributed by atoms with Crippen LogP contribution in [0, 0.1) is 0 Å². The Hall–Kier alpha value is -2.05. The number of carbonyl (C=O) groups excluding carboxylic acids is 2. The van der Waals surface area contributed by atoms with E-state index in [1.54, 1.807) is 49.4 Å². The first-order chi connectivity index (χ1) is 12.6. The molecule has 0 saturated heterocycles. The van der Waals surface area contributed by atoms with E-state index in [0.717, 1.165) is 0 Å². The molecule has 2 aromatic rings. The van der Waals surface area contributed by atoms with Crippen LogP contribution in [-0.2, 0) is 4.79 Å². The number of rotatable bonds is 5. The zero-order valence-electron chi connectivity index (χ0n) is 15.6. The van der Waals surface area contributed by atoms with E-state index in [1.165, 1.54) is 0 Å². The van der Waals surface area contributed by atoms with Crippen molar-refractivity contribution in [3.05, 3.63) is 57.5 Å². The highest BCUT2D eigenvalue weighted by Crippen LogP contribution is 2.29. The molecule has 27 heavy (non-hydrogen) atoms. The molecule has 0 heterocycles. The van der Waals surface area contributed by atoms with Gasteiger partial charge < -0.3 is 15.4 Å². The Morgan fingerprint density at radius 1 is 1.15 bits per heavy atom. The summed E-state index contributed by atoms with van der Waals surface area (Å²) in [6.07, 6.45) is -0.777. The third kappa shape index (κ3) is 6.26. The minimum absolute atomic E-state index is 0.257. The monoisotopic (exact) mass is 452 g/mol.